The molecular formula is C20H15ClF3N5O. The molecule has 1 aliphatic heterocycles. The van der Waals surface area contributed by atoms with E-state index < -0.39 is 17.9 Å². The molecule has 0 radical (unpaired) electrons. The van der Waals surface area contributed by atoms with E-state index in [2.05, 4.69) is 25.3 Å². The van der Waals surface area contributed by atoms with Gasteiger partial charge in [-0.3, -0.25) is 9.79 Å². The number of alkyl halides is 3. The van der Waals surface area contributed by atoms with E-state index >= 15 is 0 Å². The molecule has 0 saturated carbocycles. The van der Waals surface area contributed by atoms with Crippen LogP contribution in [0.1, 0.15) is 24.2 Å². The van der Waals surface area contributed by atoms with Gasteiger partial charge in [0, 0.05) is 33.3 Å². The fraction of sp³-hybridized carbons (Fsp3) is 0.200. The molecule has 0 unspecified atom stereocenters. The molecule has 0 saturated heterocycles. The maximum absolute atomic E-state index is 13.2. The fourth-order valence-corrected chi connectivity index (χ4v) is 3.42. The van der Waals surface area contributed by atoms with Crippen LogP contribution in [0.5, 0.6) is 0 Å². The highest BCUT2D eigenvalue weighted by Crippen LogP contribution is 2.30. The highest BCUT2D eigenvalue weighted by molar-refractivity contribution is 6.31. The highest BCUT2D eigenvalue weighted by atomic mass is 35.5. The van der Waals surface area contributed by atoms with Gasteiger partial charge in [0.1, 0.15) is 5.71 Å². The Balaban J connectivity index is 1.62. The van der Waals surface area contributed by atoms with Crippen molar-refractivity contribution in [1.82, 2.24) is 15.0 Å². The van der Waals surface area contributed by atoms with E-state index in [0.29, 0.717) is 16.1 Å². The number of nitrogens with zero attached hydrogens (tertiary/aromatic N) is 3. The molecule has 0 fully saturated rings. The second-order valence-corrected chi connectivity index (χ2v) is 7.16. The molecule has 2 N–H and O–H groups in total. The Morgan fingerprint density at radius 3 is 2.80 bits per heavy atom. The zero-order valence-electron chi connectivity index (χ0n) is 15.6. The lowest BCUT2D eigenvalue weighted by Gasteiger charge is -2.15. The molecule has 4 rings (SSSR count). The molecule has 3 aromatic rings. The molecule has 0 spiro atoms. The Hall–Kier alpha value is -3.20. The molecule has 6 nitrogen and oxygen atoms in total. The van der Waals surface area contributed by atoms with Gasteiger partial charge in [-0.1, -0.05) is 17.7 Å². The molecule has 0 amide bonds. The van der Waals surface area contributed by atoms with Crippen molar-refractivity contribution in [3.05, 3.63) is 69.2 Å². The van der Waals surface area contributed by atoms with Gasteiger partial charge in [0.05, 0.1) is 18.3 Å². The van der Waals surface area contributed by atoms with Crippen LogP contribution in [0.25, 0.3) is 16.5 Å². The van der Waals surface area contributed by atoms with Gasteiger partial charge < -0.3 is 10.3 Å². The number of aromatic nitrogens is 3. The SMILES string of the molecule is C[C@H](Nc1nccc(C2=CCN=C2C(F)(F)F)n1)c1cc2cc(Cl)ccc2[nH]c1=O. The summed E-state index contributed by atoms with van der Waals surface area (Å²) in [6, 6.07) is 7.69. The summed E-state index contributed by atoms with van der Waals surface area (Å²) < 4.78 is 39.5. The topological polar surface area (TPSA) is 83.0 Å². The number of fused-ring (bicyclic) bond motifs is 1. The van der Waals surface area contributed by atoms with E-state index in [9.17, 15) is 18.0 Å². The first-order valence-corrected chi connectivity index (χ1v) is 9.35. The number of allylic oxidation sites excluding steroid dienone is 1. The zero-order valence-corrected chi connectivity index (χ0v) is 16.3. The summed E-state index contributed by atoms with van der Waals surface area (Å²) in [4.78, 5) is 27.0. The predicted octanol–water partition coefficient (Wildman–Crippen LogP) is 4.54. The van der Waals surface area contributed by atoms with Crippen molar-refractivity contribution in [2.24, 2.45) is 4.99 Å². The molecule has 2 aromatic heterocycles. The molecule has 1 atom stereocenters. The third-order valence-electron chi connectivity index (χ3n) is 4.65. The maximum Gasteiger partial charge on any atom is 0.433 e. The van der Waals surface area contributed by atoms with Crippen molar-refractivity contribution < 1.29 is 13.2 Å². The third-order valence-corrected chi connectivity index (χ3v) is 4.88. The van der Waals surface area contributed by atoms with Crippen LogP contribution in [0.2, 0.25) is 5.02 Å². The van der Waals surface area contributed by atoms with Crippen molar-refractivity contribution in [3.8, 4) is 0 Å². The third kappa shape index (κ3) is 3.93. The molecule has 154 valence electrons. The minimum atomic E-state index is -4.56. The molecule has 1 aromatic carbocycles. The number of rotatable bonds is 4. The number of anilines is 1. The summed E-state index contributed by atoms with van der Waals surface area (Å²) in [5.74, 6) is 0.0971. The van der Waals surface area contributed by atoms with Gasteiger partial charge in [-0.2, -0.15) is 13.2 Å². The Morgan fingerprint density at radius 1 is 1.23 bits per heavy atom. The second kappa shape index (κ2) is 7.56. The van der Waals surface area contributed by atoms with Crippen molar-refractivity contribution in [3.63, 3.8) is 0 Å². The summed E-state index contributed by atoms with van der Waals surface area (Å²) in [6.07, 6.45) is -1.83. The van der Waals surface area contributed by atoms with Crippen LogP contribution in [0.3, 0.4) is 0 Å². The van der Waals surface area contributed by atoms with Gasteiger partial charge >= 0.3 is 6.18 Å². The smallest absolute Gasteiger partial charge is 0.347 e. The lowest BCUT2D eigenvalue weighted by Crippen LogP contribution is -2.23. The number of aliphatic imine (C=N–C) groups is 1. The van der Waals surface area contributed by atoms with Gasteiger partial charge in [0.15, 0.2) is 0 Å². The van der Waals surface area contributed by atoms with Crippen LogP contribution in [0.15, 0.2) is 52.4 Å². The van der Waals surface area contributed by atoms with E-state index in [1.54, 1.807) is 31.2 Å². The van der Waals surface area contributed by atoms with Gasteiger partial charge in [-0.15, -0.1) is 0 Å². The van der Waals surface area contributed by atoms with E-state index in [0.717, 1.165) is 5.39 Å². The number of benzene rings is 1. The number of nitrogens with one attached hydrogen (secondary N) is 2. The largest absolute Gasteiger partial charge is 0.433 e. The average Bonchev–Trinajstić information content (AvgIpc) is 3.18. The summed E-state index contributed by atoms with van der Waals surface area (Å²) in [5.41, 5.74) is -0.178. The first kappa shape index (κ1) is 20.1. The second-order valence-electron chi connectivity index (χ2n) is 6.72. The zero-order chi connectivity index (χ0) is 21.5. The molecule has 0 bridgehead atoms. The summed E-state index contributed by atoms with van der Waals surface area (Å²) in [5, 5.41) is 4.26. The minimum absolute atomic E-state index is 0.0532. The first-order chi connectivity index (χ1) is 14.2. The van der Waals surface area contributed by atoms with Gasteiger partial charge in [0.25, 0.3) is 5.56 Å². The molecule has 1 aliphatic rings. The minimum Gasteiger partial charge on any atom is -0.347 e. The number of halogens is 4. The van der Waals surface area contributed by atoms with Crippen LogP contribution in [-0.4, -0.2) is 33.4 Å². The number of aromatic amines is 1. The molecular weight excluding hydrogens is 419 g/mol. The van der Waals surface area contributed by atoms with E-state index in [-0.39, 0.29) is 29.3 Å². The maximum atomic E-state index is 13.2. The normalized spacial score (nSPS) is 15.1. The quantitative estimate of drug-likeness (QED) is 0.632. The van der Waals surface area contributed by atoms with Crippen LogP contribution in [-0.2, 0) is 0 Å². The lowest BCUT2D eigenvalue weighted by atomic mass is 10.1. The lowest BCUT2D eigenvalue weighted by molar-refractivity contribution is -0.0571. The summed E-state index contributed by atoms with van der Waals surface area (Å²) in [7, 11) is 0. The Kier molecular flexibility index (Phi) is 5.07. The van der Waals surface area contributed by atoms with E-state index in [1.807, 2.05) is 0 Å². The Labute approximate surface area is 173 Å². The van der Waals surface area contributed by atoms with Crippen LogP contribution < -0.4 is 10.9 Å². The highest BCUT2D eigenvalue weighted by Gasteiger charge is 2.40. The molecule has 30 heavy (non-hydrogen) atoms. The van der Waals surface area contributed by atoms with E-state index in [4.69, 9.17) is 11.6 Å². The monoisotopic (exact) mass is 433 g/mol. The van der Waals surface area contributed by atoms with Gasteiger partial charge in [0.2, 0.25) is 5.95 Å². The number of pyridine rings is 1. The van der Waals surface area contributed by atoms with Crippen LogP contribution in [0, 0.1) is 0 Å². The van der Waals surface area contributed by atoms with Crippen LogP contribution >= 0.6 is 11.6 Å². The van der Waals surface area contributed by atoms with Gasteiger partial charge in [-0.25, -0.2) is 9.97 Å². The molecule has 3 heterocycles. The average molecular weight is 434 g/mol. The standard InChI is InChI=1S/C20H15ClF3N5O/c1-10(14-9-11-8-12(21)2-3-15(11)28-18(14)30)27-19-26-7-5-16(29-19)13-4-6-25-17(13)20(22,23)24/h2-5,7-10H,6H2,1H3,(H,28,30)(H,26,27,29)/t10-/m0/s1. The van der Waals surface area contributed by atoms with Crippen molar-refractivity contribution in [2.45, 2.75) is 19.1 Å². The predicted molar refractivity (Wildman–Crippen MR) is 110 cm³/mol. The summed E-state index contributed by atoms with van der Waals surface area (Å²) in [6.45, 7) is 1.68. The van der Waals surface area contributed by atoms with Gasteiger partial charge in [-0.05, 0) is 37.3 Å². The van der Waals surface area contributed by atoms with Crippen molar-refractivity contribution in [2.75, 3.05) is 11.9 Å². The van der Waals surface area contributed by atoms with Crippen LogP contribution in [0.4, 0.5) is 19.1 Å². The molecule has 0 aliphatic carbocycles. The number of H-pyrrole nitrogens is 1. The van der Waals surface area contributed by atoms with E-state index in [1.165, 1.54) is 18.3 Å². The molecule has 10 heteroatoms. The first-order valence-electron chi connectivity index (χ1n) is 8.97. The van der Waals surface area contributed by atoms with Crippen molar-refractivity contribution >= 4 is 39.7 Å². The summed E-state index contributed by atoms with van der Waals surface area (Å²) >= 11 is 6.02. The fourth-order valence-electron chi connectivity index (χ4n) is 3.24. The van der Waals surface area contributed by atoms with Crippen molar-refractivity contribution in [1.29, 1.82) is 0 Å². The Morgan fingerprint density at radius 2 is 2.03 bits per heavy atom. The number of hydrogen-bond donors (Lipinski definition) is 2. The number of hydrogen-bond acceptors (Lipinski definition) is 5. The Bertz CT molecular complexity index is 1250.